The zero-order chi connectivity index (χ0) is 13.0. The molecule has 1 aromatic rings. The van der Waals surface area contributed by atoms with Crippen LogP contribution in [0, 0.1) is 5.92 Å². The second kappa shape index (κ2) is 6.37. The van der Waals surface area contributed by atoms with Gasteiger partial charge in [-0.05, 0) is 50.6 Å². The standard InChI is InChI=1S/C15H27N3/c1-4-9-16-15(12-7-8-12)11-18-14(6-3)10-13(5-2)17-18/h10,12,15-16H,4-9,11H2,1-3H3. The Labute approximate surface area is 111 Å². The second-order valence-corrected chi connectivity index (χ2v) is 5.41. The van der Waals surface area contributed by atoms with Crippen molar-refractivity contribution in [3.8, 4) is 0 Å². The van der Waals surface area contributed by atoms with Gasteiger partial charge in [0, 0.05) is 11.7 Å². The van der Waals surface area contributed by atoms with Crippen LogP contribution in [0.2, 0.25) is 0 Å². The summed E-state index contributed by atoms with van der Waals surface area (Å²) in [7, 11) is 0. The number of hydrogen-bond donors (Lipinski definition) is 1. The summed E-state index contributed by atoms with van der Waals surface area (Å²) in [6, 6.07) is 2.89. The van der Waals surface area contributed by atoms with Crippen LogP contribution in [-0.4, -0.2) is 22.4 Å². The van der Waals surface area contributed by atoms with Crippen LogP contribution in [0.5, 0.6) is 0 Å². The predicted octanol–water partition coefficient (Wildman–Crippen LogP) is 2.79. The van der Waals surface area contributed by atoms with E-state index in [4.69, 9.17) is 5.10 Å². The molecule has 2 rings (SSSR count). The van der Waals surface area contributed by atoms with E-state index in [2.05, 4.69) is 36.8 Å². The van der Waals surface area contributed by atoms with Gasteiger partial charge in [-0.2, -0.15) is 5.10 Å². The lowest BCUT2D eigenvalue weighted by atomic mass is 10.1. The Balaban J connectivity index is 2.02. The summed E-state index contributed by atoms with van der Waals surface area (Å²) in [5.41, 5.74) is 2.62. The maximum Gasteiger partial charge on any atom is 0.0624 e. The highest BCUT2D eigenvalue weighted by Gasteiger charge is 2.31. The maximum atomic E-state index is 4.73. The Morgan fingerprint density at radius 3 is 2.67 bits per heavy atom. The smallest absolute Gasteiger partial charge is 0.0624 e. The molecular formula is C15H27N3. The molecular weight excluding hydrogens is 222 g/mol. The van der Waals surface area contributed by atoms with Crippen molar-refractivity contribution in [2.24, 2.45) is 5.92 Å². The van der Waals surface area contributed by atoms with Crippen molar-refractivity contribution in [2.75, 3.05) is 6.54 Å². The molecule has 0 radical (unpaired) electrons. The monoisotopic (exact) mass is 249 g/mol. The van der Waals surface area contributed by atoms with Gasteiger partial charge in [0.2, 0.25) is 0 Å². The first-order chi connectivity index (χ1) is 8.78. The minimum atomic E-state index is 0.625. The van der Waals surface area contributed by atoms with Crippen LogP contribution < -0.4 is 5.32 Å². The Bertz CT molecular complexity index is 366. The quantitative estimate of drug-likeness (QED) is 0.768. The third-order valence-electron chi connectivity index (χ3n) is 3.86. The largest absolute Gasteiger partial charge is 0.312 e. The van der Waals surface area contributed by atoms with Gasteiger partial charge < -0.3 is 5.32 Å². The number of aryl methyl sites for hydroxylation is 2. The highest BCUT2D eigenvalue weighted by molar-refractivity contribution is 5.10. The fourth-order valence-electron chi connectivity index (χ4n) is 2.53. The van der Waals surface area contributed by atoms with Crippen LogP contribution in [0.15, 0.2) is 6.07 Å². The average Bonchev–Trinajstić information content (AvgIpc) is 3.15. The molecule has 3 heteroatoms. The molecule has 0 bridgehead atoms. The molecule has 0 spiro atoms. The zero-order valence-electron chi connectivity index (χ0n) is 12.1. The van der Waals surface area contributed by atoms with E-state index in [0.29, 0.717) is 6.04 Å². The zero-order valence-corrected chi connectivity index (χ0v) is 12.1. The third kappa shape index (κ3) is 3.35. The van der Waals surface area contributed by atoms with E-state index in [9.17, 15) is 0 Å². The molecule has 18 heavy (non-hydrogen) atoms. The molecule has 1 aliphatic carbocycles. The molecule has 0 aromatic carbocycles. The number of rotatable bonds is 8. The van der Waals surface area contributed by atoms with Crippen molar-refractivity contribution >= 4 is 0 Å². The van der Waals surface area contributed by atoms with E-state index in [0.717, 1.165) is 31.8 Å². The lowest BCUT2D eigenvalue weighted by Gasteiger charge is -2.19. The van der Waals surface area contributed by atoms with Gasteiger partial charge in [-0.25, -0.2) is 0 Å². The summed E-state index contributed by atoms with van der Waals surface area (Å²) in [4.78, 5) is 0. The molecule has 1 heterocycles. The van der Waals surface area contributed by atoms with Crippen LogP contribution in [0.4, 0.5) is 0 Å². The Hall–Kier alpha value is -0.830. The number of hydrogen-bond acceptors (Lipinski definition) is 2. The first kappa shape index (κ1) is 13.6. The molecule has 0 aliphatic heterocycles. The molecule has 1 aromatic heterocycles. The number of nitrogens with zero attached hydrogens (tertiary/aromatic N) is 2. The van der Waals surface area contributed by atoms with Gasteiger partial charge in [0.25, 0.3) is 0 Å². The minimum Gasteiger partial charge on any atom is -0.312 e. The molecule has 1 atom stereocenters. The van der Waals surface area contributed by atoms with Crippen LogP contribution in [0.25, 0.3) is 0 Å². The molecule has 0 saturated heterocycles. The van der Waals surface area contributed by atoms with Crippen molar-refractivity contribution in [3.63, 3.8) is 0 Å². The highest BCUT2D eigenvalue weighted by Crippen LogP contribution is 2.33. The summed E-state index contributed by atoms with van der Waals surface area (Å²) in [6.07, 6.45) is 6.12. The fraction of sp³-hybridized carbons (Fsp3) is 0.800. The first-order valence-corrected chi connectivity index (χ1v) is 7.57. The topological polar surface area (TPSA) is 29.9 Å². The van der Waals surface area contributed by atoms with Crippen LogP contribution in [0.1, 0.15) is 51.4 Å². The predicted molar refractivity (Wildman–Crippen MR) is 75.8 cm³/mol. The van der Waals surface area contributed by atoms with Gasteiger partial charge in [0.15, 0.2) is 0 Å². The Morgan fingerprint density at radius 1 is 1.33 bits per heavy atom. The van der Waals surface area contributed by atoms with Gasteiger partial charge in [-0.15, -0.1) is 0 Å². The summed E-state index contributed by atoms with van der Waals surface area (Å²) in [6.45, 7) is 8.81. The molecule has 1 saturated carbocycles. The summed E-state index contributed by atoms with van der Waals surface area (Å²) in [5.74, 6) is 0.885. The molecule has 1 fully saturated rings. The van der Waals surface area contributed by atoms with Crippen molar-refractivity contribution in [1.82, 2.24) is 15.1 Å². The Morgan fingerprint density at radius 2 is 2.11 bits per heavy atom. The molecule has 1 N–H and O–H groups in total. The van der Waals surface area contributed by atoms with Crippen molar-refractivity contribution in [1.29, 1.82) is 0 Å². The molecule has 102 valence electrons. The van der Waals surface area contributed by atoms with Crippen LogP contribution in [-0.2, 0) is 19.4 Å². The van der Waals surface area contributed by atoms with E-state index < -0.39 is 0 Å². The van der Waals surface area contributed by atoms with E-state index >= 15 is 0 Å². The van der Waals surface area contributed by atoms with E-state index in [1.807, 2.05) is 0 Å². The summed E-state index contributed by atoms with van der Waals surface area (Å²) in [5, 5.41) is 8.43. The maximum absolute atomic E-state index is 4.73. The van der Waals surface area contributed by atoms with E-state index in [-0.39, 0.29) is 0 Å². The SMILES string of the molecule is CCCNC(Cn1nc(CC)cc1CC)C1CC1. The third-order valence-corrected chi connectivity index (χ3v) is 3.86. The number of aromatic nitrogens is 2. The lowest BCUT2D eigenvalue weighted by molar-refractivity contribution is 0.383. The highest BCUT2D eigenvalue weighted by atomic mass is 15.3. The van der Waals surface area contributed by atoms with E-state index in [1.165, 1.54) is 30.7 Å². The van der Waals surface area contributed by atoms with Gasteiger partial charge in [-0.1, -0.05) is 20.8 Å². The van der Waals surface area contributed by atoms with Gasteiger partial charge in [-0.3, -0.25) is 4.68 Å². The van der Waals surface area contributed by atoms with Crippen molar-refractivity contribution in [2.45, 2.75) is 65.5 Å². The average molecular weight is 249 g/mol. The summed E-state index contributed by atoms with van der Waals surface area (Å²) >= 11 is 0. The minimum absolute atomic E-state index is 0.625. The van der Waals surface area contributed by atoms with Crippen molar-refractivity contribution in [3.05, 3.63) is 17.5 Å². The number of nitrogens with one attached hydrogen (secondary N) is 1. The van der Waals surface area contributed by atoms with Crippen LogP contribution in [0.3, 0.4) is 0 Å². The molecule has 3 nitrogen and oxygen atoms in total. The van der Waals surface area contributed by atoms with Crippen molar-refractivity contribution < 1.29 is 0 Å². The lowest BCUT2D eigenvalue weighted by Crippen LogP contribution is -2.36. The van der Waals surface area contributed by atoms with Gasteiger partial charge in [0.1, 0.15) is 0 Å². The molecule has 1 aliphatic rings. The van der Waals surface area contributed by atoms with E-state index in [1.54, 1.807) is 0 Å². The molecule has 0 amide bonds. The molecule has 1 unspecified atom stereocenters. The van der Waals surface area contributed by atoms with Crippen LogP contribution >= 0.6 is 0 Å². The summed E-state index contributed by atoms with van der Waals surface area (Å²) < 4.78 is 2.24. The van der Waals surface area contributed by atoms with Gasteiger partial charge in [0.05, 0.1) is 12.2 Å². The first-order valence-electron chi connectivity index (χ1n) is 7.57. The second-order valence-electron chi connectivity index (χ2n) is 5.41. The van der Waals surface area contributed by atoms with Gasteiger partial charge >= 0.3 is 0 Å². The fourth-order valence-corrected chi connectivity index (χ4v) is 2.53. The normalized spacial score (nSPS) is 17.1. The Kier molecular flexibility index (Phi) is 4.81.